The highest BCUT2D eigenvalue weighted by Crippen LogP contribution is 2.17. The standard InChI is InChI=1S/C9H13N3OS/c1-6-2-3-8(13)7(4-6)5-11-12-9(10)14/h2-4,11,13H,5H2,1H3,(H3,10,12,14). The number of rotatable bonds is 3. The smallest absolute Gasteiger partial charge is 0.178 e. The molecule has 76 valence electrons. The Hall–Kier alpha value is -1.33. The normalized spacial score (nSPS) is 9.79. The lowest BCUT2D eigenvalue weighted by Crippen LogP contribution is -2.40. The van der Waals surface area contributed by atoms with Gasteiger partial charge in [0.1, 0.15) is 5.75 Å². The lowest BCUT2D eigenvalue weighted by Gasteiger charge is -2.08. The van der Waals surface area contributed by atoms with Crippen molar-refractivity contribution in [3.63, 3.8) is 0 Å². The molecule has 0 spiro atoms. The van der Waals surface area contributed by atoms with Gasteiger partial charge in [-0.1, -0.05) is 17.7 Å². The van der Waals surface area contributed by atoms with Crippen LogP contribution in [-0.2, 0) is 6.54 Å². The third-order valence-electron chi connectivity index (χ3n) is 1.73. The molecular formula is C9H13N3OS. The second kappa shape index (κ2) is 4.78. The molecule has 0 aromatic heterocycles. The van der Waals surface area contributed by atoms with E-state index in [1.165, 1.54) is 0 Å². The van der Waals surface area contributed by atoms with Crippen LogP contribution in [0, 0.1) is 6.92 Å². The van der Waals surface area contributed by atoms with Crippen LogP contribution < -0.4 is 16.6 Å². The number of aryl methyl sites for hydroxylation is 1. The molecule has 5 N–H and O–H groups in total. The monoisotopic (exact) mass is 211 g/mol. The van der Waals surface area contributed by atoms with E-state index in [9.17, 15) is 5.11 Å². The molecule has 0 aliphatic rings. The molecule has 0 fully saturated rings. The predicted molar refractivity (Wildman–Crippen MR) is 59.6 cm³/mol. The summed E-state index contributed by atoms with van der Waals surface area (Å²) in [5.74, 6) is 0.257. The molecule has 0 saturated heterocycles. The van der Waals surface area contributed by atoms with E-state index in [2.05, 4.69) is 23.1 Å². The molecule has 0 aliphatic carbocycles. The Kier molecular flexibility index (Phi) is 3.67. The van der Waals surface area contributed by atoms with Crippen molar-refractivity contribution in [1.82, 2.24) is 10.9 Å². The summed E-state index contributed by atoms with van der Waals surface area (Å²) in [5.41, 5.74) is 12.5. The number of thiocarbonyl (C=S) groups is 1. The number of nitrogens with one attached hydrogen (secondary N) is 2. The van der Waals surface area contributed by atoms with Crippen molar-refractivity contribution < 1.29 is 5.11 Å². The van der Waals surface area contributed by atoms with Gasteiger partial charge in [-0.3, -0.25) is 5.43 Å². The second-order valence-corrected chi connectivity index (χ2v) is 3.41. The van der Waals surface area contributed by atoms with Crippen molar-refractivity contribution in [2.24, 2.45) is 5.73 Å². The van der Waals surface area contributed by atoms with Crippen LogP contribution in [0.25, 0.3) is 0 Å². The summed E-state index contributed by atoms with van der Waals surface area (Å²) < 4.78 is 0. The molecule has 1 aromatic carbocycles. The lowest BCUT2D eigenvalue weighted by molar-refractivity contribution is 0.463. The molecule has 5 heteroatoms. The minimum absolute atomic E-state index is 0.178. The molecule has 0 bridgehead atoms. The van der Waals surface area contributed by atoms with Gasteiger partial charge in [0.05, 0.1) is 0 Å². The van der Waals surface area contributed by atoms with Crippen LogP contribution >= 0.6 is 12.2 Å². The summed E-state index contributed by atoms with van der Waals surface area (Å²) >= 11 is 4.61. The first kappa shape index (κ1) is 10.7. The van der Waals surface area contributed by atoms with Gasteiger partial charge in [0, 0.05) is 12.1 Å². The molecule has 0 unspecified atom stereocenters. The van der Waals surface area contributed by atoms with Crippen LogP contribution in [0.2, 0.25) is 0 Å². The largest absolute Gasteiger partial charge is 0.508 e. The fourth-order valence-corrected chi connectivity index (χ4v) is 1.15. The summed E-state index contributed by atoms with van der Waals surface area (Å²) in [6, 6.07) is 5.40. The number of phenolic OH excluding ortho intramolecular Hbond substituents is 1. The SMILES string of the molecule is Cc1ccc(O)c(CNNC(N)=S)c1. The van der Waals surface area contributed by atoms with Gasteiger partial charge in [0.15, 0.2) is 5.11 Å². The highest BCUT2D eigenvalue weighted by atomic mass is 32.1. The van der Waals surface area contributed by atoms with Crippen LogP contribution in [0.1, 0.15) is 11.1 Å². The molecule has 1 rings (SSSR count). The Bertz CT molecular complexity index is 341. The summed E-state index contributed by atoms with van der Waals surface area (Å²) in [6.07, 6.45) is 0. The van der Waals surface area contributed by atoms with Crippen molar-refractivity contribution >= 4 is 17.3 Å². The quantitative estimate of drug-likeness (QED) is 0.434. The number of hydrogen-bond acceptors (Lipinski definition) is 3. The van der Waals surface area contributed by atoms with E-state index in [0.717, 1.165) is 11.1 Å². The van der Waals surface area contributed by atoms with Crippen LogP contribution in [0.15, 0.2) is 18.2 Å². The van der Waals surface area contributed by atoms with E-state index in [1.54, 1.807) is 6.07 Å². The van der Waals surface area contributed by atoms with Gasteiger partial charge in [-0.15, -0.1) is 0 Å². The van der Waals surface area contributed by atoms with E-state index in [0.29, 0.717) is 6.54 Å². The Balaban J connectivity index is 2.57. The molecule has 0 heterocycles. The third-order valence-corrected chi connectivity index (χ3v) is 1.83. The van der Waals surface area contributed by atoms with E-state index in [-0.39, 0.29) is 10.9 Å². The zero-order chi connectivity index (χ0) is 10.6. The molecular weight excluding hydrogens is 198 g/mol. The number of aromatic hydroxyl groups is 1. The zero-order valence-electron chi connectivity index (χ0n) is 7.87. The van der Waals surface area contributed by atoms with Crippen molar-refractivity contribution in [1.29, 1.82) is 0 Å². The summed E-state index contributed by atoms with van der Waals surface area (Å²) in [7, 11) is 0. The lowest BCUT2D eigenvalue weighted by atomic mass is 10.1. The first-order valence-corrected chi connectivity index (χ1v) is 4.57. The molecule has 0 saturated carbocycles. The number of phenols is 1. The Labute approximate surface area is 88.1 Å². The number of nitrogens with two attached hydrogens (primary N) is 1. The van der Waals surface area contributed by atoms with Gasteiger partial charge >= 0.3 is 0 Å². The first-order valence-electron chi connectivity index (χ1n) is 4.16. The molecule has 4 nitrogen and oxygen atoms in total. The van der Waals surface area contributed by atoms with Gasteiger partial charge < -0.3 is 10.8 Å². The predicted octanol–water partition coefficient (Wildman–Crippen LogP) is 0.538. The van der Waals surface area contributed by atoms with Gasteiger partial charge in [0.2, 0.25) is 0 Å². The van der Waals surface area contributed by atoms with Gasteiger partial charge in [-0.2, -0.15) is 0 Å². The van der Waals surface area contributed by atoms with E-state index in [1.807, 2.05) is 19.1 Å². The highest BCUT2D eigenvalue weighted by molar-refractivity contribution is 7.80. The van der Waals surface area contributed by atoms with Crippen molar-refractivity contribution in [2.45, 2.75) is 13.5 Å². The number of benzene rings is 1. The van der Waals surface area contributed by atoms with Crippen LogP contribution in [-0.4, -0.2) is 10.2 Å². The maximum atomic E-state index is 9.47. The number of hydrazine groups is 1. The Morgan fingerprint density at radius 3 is 2.93 bits per heavy atom. The summed E-state index contributed by atoms with van der Waals surface area (Å²) in [6.45, 7) is 2.43. The minimum atomic E-state index is 0.178. The highest BCUT2D eigenvalue weighted by Gasteiger charge is 2.00. The first-order chi connectivity index (χ1) is 6.59. The molecule has 0 aliphatic heterocycles. The van der Waals surface area contributed by atoms with Gasteiger partial charge in [0.25, 0.3) is 0 Å². The number of hydrogen-bond donors (Lipinski definition) is 4. The van der Waals surface area contributed by atoms with Gasteiger partial charge in [-0.25, -0.2) is 5.43 Å². The third kappa shape index (κ3) is 3.20. The van der Waals surface area contributed by atoms with E-state index < -0.39 is 0 Å². The Morgan fingerprint density at radius 1 is 1.57 bits per heavy atom. The maximum Gasteiger partial charge on any atom is 0.178 e. The molecule has 0 radical (unpaired) electrons. The summed E-state index contributed by atoms with van der Waals surface area (Å²) in [4.78, 5) is 0. The molecule has 0 amide bonds. The van der Waals surface area contributed by atoms with Crippen molar-refractivity contribution in [2.75, 3.05) is 0 Å². The second-order valence-electron chi connectivity index (χ2n) is 2.97. The Morgan fingerprint density at radius 2 is 2.29 bits per heavy atom. The maximum absolute atomic E-state index is 9.47. The van der Waals surface area contributed by atoms with Crippen molar-refractivity contribution in [3.05, 3.63) is 29.3 Å². The zero-order valence-corrected chi connectivity index (χ0v) is 8.69. The van der Waals surface area contributed by atoms with Crippen molar-refractivity contribution in [3.8, 4) is 5.75 Å². The average molecular weight is 211 g/mol. The topological polar surface area (TPSA) is 70.3 Å². The summed E-state index contributed by atoms with van der Waals surface area (Å²) in [5, 5.41) is 9.65. The van der Waals surface area contributed by atoms with E-state index >= 15 is 0 Å². The molecule has 0 atom stereocenters. The minimum Gasteiger partial charge on any atom is -0.508 e. The average Bonchev–Trinajstić information content (AvgIpc) is 2.10. The molecule has 1 aromatic rings. The van der Waals surface area contributed by atoms with Crippen LogP contribution in [0.3, 0.4) is 0 Å². The van der Waals surface area contributed by atoms with Crippen LogP contribution in [0.4, 0.5) is 0 Å². The fourth-order valence-electron chi connectivity index (χ4n) is 1.08. The van der Waals surface area contributed by atoms with Gasteiger partial charge in [-0.05, 0) is 25.2 Å². The van der Waals surface area contributed by atoms with E-state index in [4.69, 9.17) is 5.73 Å². The molecule has 14 heavy (non-hydrogen) atoms. The fraction of sp³-hybridized carbons (Fsp3) is 0.222. The van der Waals surface area contributed by atoms with Crippen LogP contribution in [0.5, 0.6) is 5.75 Å².